The Labute approximate surface area is 217 Å². The number of nitrogens with zero attached hydrogens (tertiary/aromatic N) is 4. The lowest BCUT2D eigenvalue weighted by Crippen LogP contribution is -2.39. The van der Waals surface area contributed by atoms with Gasteiger partial charge in [0.15, 0.2) is 5.65 Å². The predicted octanol–water partition coefficient (Wildman–Crippen LogP) is 2.20. The number of aryl methyl sites for hydroxylation is 1. The molecule has 10 nitrogen and oxygen atoms in total. The average molecular weight is 509 g/mol. The van der Waals surface area contributed by atoms with Crippen LogP contribution < -0.4 is 15.5 Å². The van der Waals surface area contributed by atoms with Gasteiger partial charge < -0.3 is 25.4 Å². The maximum Gasteiger partial charge on any atom is 0.270 e. The number of aliphatic hydroxyl groups excluding tert-OH is 1. The van der Waals surface area contributed by atoms with Gasteiger partial charge in [-0.1, -0.05) is 26.8 Å². The second-order valence-electron chi connectivity index (χ2n) is 9.67. The van der Waals surface area contributed by atoms with Crippen LogP contribution in [0.25, 0.3) is 5.65 Å². The number of carbonyl (C=O) groups excluding carboxylic acids is 2. The molecule has 3 aromatic rings. The second kappa shape index (κ2) is 12.2. The van der Waals surface area contributed by atoms with Gasteiger partial charge in [0.25, 0.3) is 11.8 Å². The Bertz CT molecular complexity index is 1220. The topological polar surface area (TPSA) is 121 Å². The fourth-order valence-electron chi connectivity index (χ4n) is 4.56. The zero-order valence-electron chi connectivity index (χ0n) is 21.7. The number of carbonyl (C=O) groups is 2. The van der Waals surface area contributed by atoms with Gasteiger partial charge in [-0.15, -0.1) is 0 Å². The molecule has 4 heterocycles. The summed E-state index contributed by atoms with van der Waals surface area (Å²) < 4.78 is 7.05. The monoisotopic (exact) mass is 508 g/mol. The molecule has 3 aromatic heterocycles. The summed E-state index contributed by atoms with van der Waals surface area (Å²) >= 11 is 0. The predicted molar refractivity (Wildman–Crippen MR) is 141 cm³/mol. The molecule has 1 atom stereocenters. The summed E-state index contributed by atoms with van der Waals surface area (Å²) in [6.07, 6.45) is 4.70. The van der Waals surface area contributed by atoms with Crippen molar-refractivity contribution in [1.82, 2.24) is 25.0 Å². The van der Waals surface area contributed by atoms with Crippen molar-refractivity contribution in [3.63, 3.8) is 0 Å². The third-order valence-corrected chi connectivity index (χ3v) is 6.43. The largest absolute Gasteiger partial charge is 0.394 e. The highest BCUT2D eigenvalue weighted by atomic mass is 16.5. The van der Waals surface area contributed by atoms with Gasteiger partial charge in [0.2, 0.25) is 0 Å². The summed E-state index contributed by atoms with van der Waals surface area (Å²) in [5, 5.41) is 15.6. The highest BCUT2D eigenvalue weighted by Gasteiger charge is 2.24. The van der Waals surface area contributed by atoms with E-state index in [1.54, 1.807) is 28.9 Å². The number of morpholine rings is 1. The van der Waals surface area contributed by atoms with Gasteiger partial charge in [0, 0.05) is 32.0 Å². The third-order valence-electron chi connectivity index (χ3n) is 6.43. The Morgan fingerprint density at radius 2 is 1.95 bits per heavy atom. The van der Waals surface area contributed by atoms with Crippen LogP contribution in [0.5, 0.6) is 0 Å². The number of fused-ring (bicyclic) bond motifs is 1. The molecule has 1 aliphatic rings. The lowest BCUT2D eigenvalue weighted by Gasteiger charge is -2.27. The standard InChI is InChI=1S/C27H36N6O4/c1-4-22-24(27(36)30-20(17-34)14-18(2)3)33-9-5-6-21(25(33)31-22)26(35)29-16-19-7-8-23(28-15-19)32-10-12-37-13-11-32/h5-9,15,18,20,34H,4,10-14,16-17H2,1-3H3,(H,29,35)(H,30,36)/t20-/m0/s1. The number of pyridine rings is 2. The molecular weight excluding hydrogens is 472 g/mol. The zero-order chi connectivity index (χ0) is 26.4. The van der Waals surface area contributed by atoms with Gasteiger partial charge in [0.05, 0.1) is 37.1 Å². The van der Waals surface area contributed by atoms with Crippen molar-refractivity contribution < 1.29 is 19.4 Å². The molecule has 37 heavy (non-hydrogen) atoms. The van der Waals surface area contributed by atoms with E-state index in [2.05, 4.69) is 25.5 Å². The minimum absolute atomic E-state index is 0.141. The van der Waals surface area contributed by atoms with Gasteiger partial charge >= 0.3 is 0 Å². The van der Waals surface area contributed by atoms with E-state index in [1.807, 2.05) is 32.9 Å². The van der Waals surface area contributed by atoms with Crippen LogP contribution in [0.3, 0.4) is 0 Å². The minimum Gasteiger partial charge on any atom is -0.394 e. The number of hydrogen-bond acceptors (Lipinski definition) is 7. The average Bonchev–Trinajstić information content (AvgIpc) is 3.31. The Morgan fingerprint density at radius 3 is 2.59 bits per heavy atom. The second-order valence-corrected chi connectivity index (χ2v) is 9.67. The lowest BCUT2D eigenvalue weighted by atomic mass is 10.0. The first kappa shape index (κ1) is 26.6. The van der Waals surface area contributed by atoms with E-state index < -0.39 is 0 Å². The molecule has 0 unspecified atom stereocenters. The van der Waals surface area contributed by atoms with E-state index in [9.17, 15) is 14.7 Å². The van der Waals surface area contributed by atoms with Crippen LogP contribution in [0.4, 0.5) is 5.82 Å². The van der Waals surface area contributed by atoms with E-state index >= 15 is 0 Å². The number of aromatic nitrogens is 3. The molecule has 0 bridgehead atoms. The van der Waals surface area contributed by atoms with Crippen LogP contribution in [0, 0.1) is 5.92 Å². The first-order valence-electron chi connectivity index (χ1n) is 12.9. The molecule has 1 aliphatic heterocycles. The first-order valence-corrected chi connectivity index (χ1v) is 12.9. The normalized spacial score (nSPS) is 14.7. The Balaban J connectivity index is 1.49. The Hall–Kier alpha value is -3.50. The summed E-state index contributed by atoms with van der Waals surface area (Å²) in [7, 11) is 0. The first-order chi connectivity index (χ1) is 17.9. The van der Waals surface area contributed by atoms with Crippen LogP contribution >= 0.6 is 0 Å². The molecule has 0 aromatic carbocycles. The maximum atomic E-state index is 13.2. The van der Waals surface area contributed by atoms with E-state index in [4.69, 9.17) is 4.74 Å². The summed E-state index contributed by atoms with van der Waals surface area (Å²) in [5.74, 6) is 0.630. The molecular formula is C27H36N6O4. The van der Waals surface area contributed by atoms with Gasteiger partial charge in [-0.05, 0) is 42.5 Å². The highest BCUT2D eigenvalue weighted by Crippen LogP contribution is 2.19. The van der Waals surface area contributed by atoms with E-state index in [0.29, 0.717) is 61.1 Å². The van der Waals surface area contributed by atoms with Crippen molar-refractivity contribution in [2.75, 3.05) is 37.8 Å². The number of nitrogens with one attached hydrogen (secondary N) is 2. The number of hydrogen-bond donors (Lipinski definition) is 3. The van der Waals surface area contributed by atoms with Crippen LogP contribution in [-0.4, -0.2) is 70.2 Å². The van der Waals surface area contributed by atoms with Crippen molar-refractivity contribution in [2.24, 2.45) is 5.92 Å². The highest BCUT2D eigenvalue weighted by molar-refractivity contribution is 6.01. The SMILES string of the molecule is CCc1nc2c(C(=O)NCc3ccc(N4CCOCC4)nc3)cccn2c1C(=O)N[C@H](CO)CC(C)C. The lowest BCUT2D eigenvalue weighted by molar-refractivity contribution is 0.0899. The van der Waals surface area contributed by atoms with Gasteiger partial charge in [0.1, 0.15) is 11.5 Å². The molecule has 0 saturated carbocycles. The smallest absolute Gasteiger partial charge is 0.270 e. The van der Waals surface area contributed by atoms with Crippen molar-refractivity contribution in [3.8, 4) is 0 Å². The fourth-order valence-corrected chi connectivity index (χ4v) is 4.56. The Kier molecular flexibility index (Phi) is 8.73. The van der Waals surface area contributed by atoms with Gasteiger partial charge in [-0.3, -0.25) is 14.0 Å². The number of imidazole rings is 1. The molecule has 0 radical (unpaired) electrons. The fraction of sp³-hybridized carbons (Fsp3) is 0.481. The molecule has 3 N–H and O–H groups in total. The van der Waals surface area contributed by atoms with Crippen LogP contribution in [-0.2, 0) is 17.7 Å². The van der Waals surface area contributed by atoms with Crippen LogP contribution in [0.2, 0.25) is 0 Å². The Morgan fingerprint density at radius 1 is 1.16 bits per heavy atom. The number of rotatable bonds is 10. The van der Waals surface area contributed by atoms with E-state index in [0.717, 1.165) is 24.5 Å². The maximum absolute atomic E-state index is 13.2. The summed E-state index contributed by atoms with van der Waals surface area (Å²) in [4.78, 5) is 37.7. The molecule has 1 fully saturated rings. The molecule has 198 valence electrons. The number of amides is 2. The molecule has 4 rings (SSSR count). The number of aliphatic hydroxyl groups is 1. The van der Waals surface area contributed by atoms with Crippen LogP contribution in [0.15, 0.2) is 36.7 Å². The summed E-state index contributed by atoms with van der Waals surface area (Å²) in [6, 6.07) is 7.00. The zero-order valence-corrected chi connectivity index (χ0v) is 21.7. The molecule has 0 aliphatic carbocycles. The summed E-state index contributed by atoms with van der Waals surface area (Å²) in [5.41, 5.74) is 2.68. The third kappa shape index (κ3) is 6.26. The number of anilines is 1. The summed E-state index contributed by atoms with van der Waals surface area (Å²) in [6.45, 7) is 9.20. The van der Waals surface area contributed by atoms with E-state index in [1.165, 1.54) is 0 Å². The minimum atomic E-state index is -0.350. The molecule has 0 spiro atoms. The quantitative estimate of drug-likeness (QED) is 0.384. The van der Waals surface area contributed by atoms with Gasteiger partial charge in [-0.25, -0.2) is 9.97 Å². The molecule has 1 saturated heterocycles. The van der Waals surface area contributed by atoms with Gasteiger partial charge in [-0.2, -0.15) is 0 Å². The molecule has 10 heteroatoms. The van der Waals surface area contributed by atoms with Crippen molar-refractivity contribution in [1.29, 1.82) is 0 Å². The molecule has 2 amide bonds. The van der Waals surface area contributed by atoms with Crippen molar-refractivity contribution in [3.05, 3.63) is 59.2 Å². The van der Waals surface area contributed by atoms with Crippen molar-refractivity contribution >= 4 is 23.3 Å². The van der Waals surface area contributed by atoms with E-state index in [-0.39, 0.29) is 24.5 Å². The van der Waals surface area contributed by atoms with Crippen molar-refractivity contribution in [2.45, 2.75) is 46.2 Å². The number of ether oxygens (including phenoxy) is 1. The van der Waals surface area contributed by atoms with Crippen LogP contribution in [0.1, 0.15) is 59.3 Å².